The van der Waals surface area contributed by atoms with Crippen LogP contribution in [-0.2, 0) is 6.42 Å². The predicted octanol–water partition coefficient (Wildman–Crippen LogP) is 1.41. The Kier molecular flexibility index (Phi) is 3.03. The van der Waals surface area contributed by atoms with E-state index in [-0.39, 0.29) is 0 Å². The Bertz CT molecular complexity index is 452. The summed E-state index contributed by atoms with van der Waals surface area (Å²) in [5.74, 6) is 0.767. The van der Waals surface area contributed by atoms with Crippen molar-refractivity contribution < 1.29 is 0 Å². The molecule has 0 atom stereocenters. The molecular formula is C10H12N4S. The van der Waals surface area contributed by atoms with Crippen molar-refractivity contribution in [3.63, 3.8) is 0 Å². The summed E-state index contributed by atoms with van der Waals surface area (Å²) < 4.78 is 0. The third-order valence-electron chi connectivity index (χ3n) is 1.95. The molecule has 2 rings (SSSR count). The van der Waals surface area contributed by atoms with Crippen LogP contribution in [0.25, 0.3) is 10.7 Å². The molecule has 0 bridgehead atoms. The quantitative estimate of drug-likeness (QED) is 0.849. The van der Waals surface area contributed by atoms with Crippen LogP contribution in [0.15, 0.2) is 17.6 Å². The summed E-state index contributed by atoms with van der Waals surface area (Å²) in [7, 11) is 0. The van der Waals surface area contributed by atoms with Gasteiger partial charge in [-0.25, -0.2) is 15.0 Å². The van der Waals surface area contributed by atoms with Crippen LogP contribution in [0.1, 0.15) is 11.5 Å². The molecule has 0 aliphatic rings. The Morgan fingerprint density at radius 3 is 3.00 bits per heavy atom. The Morgan fingerprint density at radius 2 is 2.27 bits per heavy atom. The highest BCUT2D eigenvalue weighted by Gasteiger charge is 2.05. The molecule has 78 valence electrons. The largest absolute Gasteiger partial charge is 0.330 e. The summed E-state index contributed by atoms with van der Waals surface area (Å²) >= 11 is 1.59. The second-order valence-electron chi connectivity index (χ2n) is 3.17. The fraction of sp³-hybridized carbons (Fsp3) is 0.300. The van der Waals surface area contributed by atoms with Gasteiger partial charge in [-0.05, 0) is 19.5 Å². The number of rotatable bonds is 3. The molecule has 0 saturated heterocycles. The van der Waals surface area contributed by atoms with Crippen molar-refractivity contribution in [2.24, 2.45) is 5.73 Å². The molecule has 0 fully saturated rings. The molecule has 2 heterocycles. The number of aryl methyl sites for hydroxylation is 1. The Labute approximate surface area is 92.2 Å². The highest BCUT2D eigenvalue weighted by molar-refractivity contribution is 7.13. The zero-order valence-corrected chi connectivity index (χ0v) is 9.29. The van der Waals surface area contributed by atoms with E-state index in [4.69, 9.17) is 5.73 Å². The summed E-state index contributed by atoms with van der Waals surface area (Å²) in [5, 5.41) is 2.96. The topological polar surface area (TPSA) is 64.7 Å². The normalized spacial score (nSPS) is 10.5. The first kappa shape index (κ1) is 10.2. The second kappa shape index (κ2) is 4.46. The fourth-order valence-electron chi connectivity index (χ4n) is 1.26. The number of hydrogen-bond donors (Lipinski definition) is 1. The maximum Gasteiger partial charge on any atom is 0.142 e. The summed E-state index contributed by atoms with van der Waals surface area (Å²) in [6.45, 7) is 2.50. The maximum absolute atomic E-state index is 5.47. The van der Waals surface area contributed by atoms with Crippen LogP contribution in [0.5, 0.6) is 0 Å². The van der Waals surface area contributed by atoms with Gasteiger partial charge in [0.25, 0.3) is 0 Å². The minimum atomic E-state index is 0.631. The van der Waals surface area contributed by atoms with E-state index in [1.54, 1.807) is 17.5 Å². The highest BCUT2D eigenvalue weighted by atomic mass is 32.1. The van der Waals surface area contributed by atoms with Crippen LogP contribution in [0.4, 0.5) is 0 Å². The number of thiazole rings is 1. The van der Waals surface area contributed by atoms with Crippen molar-refractivity contribution in [2.75, 3.05) is 6.54 Å². The van der Waals surface area contributed by atoms with Gasteiger partial charge in [-0.15, -0.1) is 11.3 Å². The minimum Gasteiger partial charge on any atom is -0.330 e. The van der Waals surface area contributed by atoms with Gasteiger partial charge in [0, 0.05) is 18.0 Å². The monoisotopic (exact) mass is 220 g/mol. The predicted molar refractivity (Wildman–Crippen MR) is 60.6 cm³/mol. The number of nitrogens with two attached hydrogens (primary N) is 1. The van der Waals surface area contributed by atoms with Gasteiger partial charge in [0.1, 0.15) is 16.5 Å². The third-order valence-corrected chi connectivity index (χ3v) is 2.86. The molecule has 4 nitrogen and oxygen atoms in total. The van der Waals surface area contributed by atoms with Crippen molar-refractivity contribution in [3.8, 4) is 10.7 Å². The molecule has 0 saturated carbocycles. The Morgan fingerprint density at radius 1 is 1.40 bits per heavy atom. The first-order chi connectivity index (χ1) is 7.29. The second-order valence-corrected chi connectivity index (χ2v) is 4.03. The summed E-state index contributed by atoms with van der Waals surface area (Å²) in [6.07, 6.45) is 2.57. The Hall–Kier alpha value is -1.33. The van der Waals surface area contributed by atoms with Crippen LogP contribution < -0.4 is 5.73 Å². The molecule has 2 aromatic heterocycles. The van der Waals surface area contributed by atoms with Gasteiger partial charge in [0.15, 0.2) is 0 Å². The van der Waals surface area contributed by atoms with Gasteiger partial charge in [0.2, 0.25) is 0 Å². The number of aromatic nitrogens is 3. The van der Waals surface area contributed by atoms with Crippen LogP contribution in [0, 0.1) is 6.92 Å². The summed E-state index contributed by atoms with van der Waals surface area (Å²) in [5.41, 5.74) is 7.39. The van der Waals surface area contributed by atoms with E-state index in [2.05, 4.69) is 15.0 Å². The molecule has 0 radical (unpaired) electrons. The number of hydrogen-bond acceptors (Lipinski definition) is 5. The van der Waals surface area contributed by atoms with Crippen molar-refractivity contribution in [2.45, 2.75) is 13.3 Å². The average Bonchev–Trinajstić information content (AvgIpc) is 2.67. The lowest BCUT2D eigenvalue weighted by molar-refractivity contribution is 0.935. The van der Waals surface area contributed by atoms with E-state index < -0.39 is 0 Å². The van der Waals surface area contributed by atoms with E-state index in [1.165, 1.54) is 0 Å². The molecule has 0 aliphatic heterocycles. The highest BCUT2D eigenvalue weighted by Crippen LogP contribution is 2.21. The fourth-order valence-corrected chi connectivity index (χ4v) is 2.09. The molecule has 0 spiro atoms. The lowest BCUT2D eigenvalue weighted by atomic mass is 10.3. The van der Waals surface area contributed by atoms with Crippen LogP contribution in [0.3, 0.4) is 0 Å². The molecule has 2 N–H and O–H groups in total. The van der Waals surface area contributed by atoms with Crippen LogP contribution >= 0.6 is 11.3 Å². The van der Waals surface area contributed by atoms with E-state index in [0.717, 1.165) is 28.6 Å². The lowest BCUT2D eigenvalue weighted by Crippen LogP contribution is -2.02. The average molecular weight is 220 g/mol. The maximum atomic E-state index is 5.47. The standard InChI is InChI=1S/C10H12N4S/c1-7-12-5-3-9(13-7)10-14-8(2-4-11)6-15-10/h3,5-6H,2,4,11H2,1H3. The van der Waals surface area contributed by atoms with E-state index in [9.17, 15) is 0 Å². The van der Waals surface area contributed by atoms with Crippen molar-refractivity contribution in [3.05, 3.63) is 29.2 Å². The van der Waals surface area contributed by atoms with Crippen LogP contribution in [0.2, 0.25) is 0 Å². The third kappa shape index (κ3) is 2.37. The zero-order chi connectivity index (χ0) is 10.7. The summed E-state index contributed by atoms with van der Waals surface area (Å²) in [6, 6.07) is 1.87. The van der Waals surface area contributed by atoms with Crippen molar-refractivity contribution in [1.29, 1.82) is 0 Å². The SMILES string of the molecule is Cc1nccc(-c2nc(CCN)cs2)n1. The molecular weight excluding hydrogens is 208 g/mol. The van der Waals surface area contributed by atoms with Gasteiger partial charge in [0.05, 0.1) is 5.69 Å². The minimum absolute atomic E-state index is 0.631. The number of nitrogens with zero attached hydrogens (tertiary/aromatic N) is 3. The summed E-state index contributed by atoms with van der Waals surface area (Å²) in [4.78, 5) is 12.8. The van der Waals surface area contributed by atoms with Gasteiger partial charge in [-0.2, -0.15) is 0 Å². The molecule has 5 heteroatoms. The lowest BCUT2D eigenvalue weighted by Gasteiger charge is -1.95. The zero-order valence-electron chi connectivity index (χ0n) is 8.47. The van der Waals surface area contributed by atoms with E-state index >= 15 is 0 Å². The molecule has 0 aromatic carbocycles. The van der Waals surface area contributed by atoms with Crippen LogP contribution in [-0.4, -0.2) is 21.5 Å². The Balaban J connectivity index is 2.29. The molecule has 0 aliphatic carbocycles. The van der Waals surface area contributed by atoms with E-state index in [1.807, 2.05) is 18.4 Å². The molecule has 15 heavy (non-hydrogen) atoms. The molecule has 2 aromatic rings. The van der Waals surface area contributed by atoms with Gasteiger partial charge in [-0.1, -0.05) is 0 Å². The first-order valence-electron chi connectivity index (χ1n) is 4.74. The van der Waals surface area contributed by atoms with Crippen molar-refractivity contribution >= 4 is 11.3 Å². The van der Waals surface area contributed by atoms with Crippen molar-refractivity contribution in [1.82, 2.24) is 15.0 Å². The first-order valence-corrected chi connectivity index (χ1v) is 5.62. The van der Waals surface area contributed by atoms with Gasteiger partial charge in [-0.3, -0.25) is 0 Å². The van der Waals surface area contributed by atoms with E-state index in [0.29, 0.717) is 6.54 Å². The molecule has 0 amide bonds. The smallest absolute Gasteiger partial charge is 0.142 e. The van der Waals surface area contributed by atoms with Gasteiger partial charge >= 0.3 is 0 Å². The van der Waals surface area contributed by atoms with Gasteiger partial charge < -0.3 is 5.73 Å². The molecule has 0 unspecified atom stereocenters.